The predicted molar refractivity (Wildman–Crippen MR) is 46.6 cm³/mol. The summed E-state index contributed by atoms with van der Waals surface area (Å²) in [6, 6.07) is 0. The zero-order valence-electron chi connectivity index (χ0n) is 7.84. The Bertz CT molecular complexity index is 81.6. The Labute approximate surface area is 69.6 Å². The molecule has 0 aromatic rings. The van der Waals surface area contributed by atoms with Gasteiger partial charge in [-0.2, -0.15) is 0 Å². The first-order valence-electron chi connectivity index (χ1n) is 4.46. The van der Waals surface area contributed by atoms with Crippen LogP contribution in [0.4, 0.5) is 0 Å². The van der Waals surface area contributed by atoms with Crippen molar-refractivity contribution in [3.63, 3.8) is 0 Å². The topological polar surface area (TPSA) is 29.5 Å². The van der Waals surface area contributed by atoms with Crippen LogP contribution in [0.3, 0.4) is 0 Å². The average molecular weight is 160 g/mol. The highest BCUT2D eigenvalue weighted by molar-refractivity contribution is 4.53. The molecule has 0 aliphatic heterocycles. The maximum Gasteiger partial charge on any atom is 0.0562 e. The van der Waals surface area contributed by atoms with E-state index in [1.807, 2.05) is 13.8 Å². The Kier molecular flexibility index (Phi) is 6.57. The van der Waals surface area contributed by atoms with Gasteiger partial charge in [-0.05, 0) is 26.7 Å². The molecule has 2 heteroatoms. The molecule has 0 fully saturated rings. The van der Waals surface area contributed by atoms with Crippen molar-refractivity contribution < 1.29 is 9.84 Å². The minimum atomic E-state index is -0.168. The lowest BCUT2D eigenvalue weighted by Gasteiger charge is -2.11. The van der Waals surface area contributed by atoms with Gasteiger partial charge >= 0.3 is 0 Å². The van der Waals surface area contributed by atoms with Gasteiger partial charge in [0.05, 0.1) is 12.2 Å². The Morgan fingerprint density at radius 2 is 1.91 bits per heavy atom. The maximum atomic E-state index is 9.28. The molecule has 2 nitrogen and oxygen atoms in total. The third-order valence-electron chi connectivity index (χ3n) is 1.52. The molecule has 68 valence electrons. The summed E-state index contributed by atoms with van der Waals surface area (Å²) in [5.74, 6) is 0. The van der Waals surface area contributed by atoms with E-state index in [1.165, 1.54) is 0 Å². The van der Waals surface area contributed by atoms with E-state index in [9.17, 15) is 5.11 Å². The second-order valence-corrected chi connectivity index (χ2v) is 3.15. The van der Waals surface area contributed by atoms with E-state index in [0.29, 0.717) is 6.61 Å². The second-order valence-electron chi connectivity index (χ2n) is 3.15. The summed E-state index contributed by atoms with van der Waals surface area (Å²) in [5, 5.41) is 9.28. The zero-order chi connectivity index (χ0) is 8.69. The van der Waals surface area contributed by atoms with Crippen LogP contribution in [-0.2, 0) is 4.74 Å². The Hall–Kier alpha value is -0.0800. The van der Waals surface area contributed by atoms with Crippen LogP contribution < -0.4 is 0 Å². The SMILES string of the molecule is CCCC(O)CCOC(C)C. The van der Waals surface area contributed by atoms with Gasteiger partial charge in [0.15, 0.2) is 0 Å². The molecule has 0 bridgehead atoms. The Balaban J connectivity index is 3.10. The number of aliphatic hydroxyl groups excluding tert-OH is 1. The molecule has 0 spiro atoms. The van der Waals surface area contributed by atoms with E-state index in [1.54, 1.807) is 0 Å². The quantitative estimate of drug-likeness (QED) is 0.643. The van der Waals surface area contributed by atoms with E-state index in [4.69, 9.17) is 4.74 Å². The van der Waals surface area contributed by atoms with Crippen molar-refractivity contribution in [2.75, 3.05) is 6.61 Å². The van der Waals surface area contributed by atoms with Gasteiger partial charge in [-0.3, -0.25) is 0 Å². The highest BCUT2D eigenvalue weighted by Crippen LogP contribution is 2.01. The van der Waals surface area contributed by atoms with Crippen molar-refractivity contribution >= 4 is 0 Å². The molecule has 0 saturated carbocycles. The van der Waals surface area contributed by atoms with Gasteiger partial charge in [0.2, 0.25) is 0 Å². The van der Waals surface area contributed by atoms with Crippen LogP contribution >= 0.6 is 0 Å². The third-order valence-corrected chi connectivity index (χ3v) is 1.52. The number of hydrogen-bond acceptors (Lipinski definition) is 2. The molecule has 0 rings (SSSR count). The monoisotopic (exact) mass is 160 g/mol. The first kappa shape index (κ1) is 10.9. The minimum absolute atomic E-state index is 0.168. The van der Waals surface area contributed by atoms with Gasteiger partial charge in [-0.25, -0.2) is 0 Å². The van der Waals surface area contributed by atoms with E-state index in [-0.39, 0.29) is 12.2 Å². The highest BCUT2D eigenvalue weighted by Gasteiger charge is 2.02. The number of aliphatic hydroxyl groups is 1. The molecule has 0 saturated heterocycles. The van der Waals surface area contributed by atoms with Gasteiger partial charge in [-0.15, -0.1) is 0 Å². The lowest BCUT2D eigenvalue weighted by atomic mass is 10.1. The van der Waals surface area contributed by atoms with Gasteiger partial charge in [0.25, 0.3) is 0 Å². The van der Waals surface area contributed by atoms with E-state index < -0.39 is 0 Å². The molecule has 0 radical (unpaired) electrons. The molecule has 0 aromatic carbocycles. The normalized spacial score (nSPS) is 13.9. The smallest absolute Gasteiger partial charge is 0.0562 e. The van der Waals surface area contributed by atoms with Crippen LogP contribution in [0.1, 0.15) is 40.0 Å². The summed E-state index contributed by atoms with van der Waals surface area (Å²) in [5.41, 5.74) is 0. The molecule has 0 aliphatic carbocycles. The lowest BCUT2D eigenvalue weighted by molar-refractivity contribution is 0.0445. The molecule has 0 heterocycles. The number of rotatable bonds is 6. The first-order valence-corrected chi connectivity index (χ1v) is 4.46. The summed E-state index contributed by atoms with van der Waals surface area (Å²) in [4.78, 5) is 0. The van der Waals surface area contributed by atoms with Crippen LogP contribution in [0.25, 0.3) is 0 Å². The van der Waals surface area contributed by atoms with Crippen molar-refractivity contribution in [2.24, 2.45) is 0 Å². The Morgan fingerprint density at radius 1 is 1.27 bits per heavy atom. The van der Waals surface area contributed by atoms with Crippen molar-refractivity contribution in [1.29, 1.82) is 0 Å². The number of ether oxygens (including phenoxy) is 1. The molecular formula is C9H20O2. The van der Waals surface area contributed by atoms with E-state index in [2.05, 4.69) is 6.92 Å². The summed E-state index contributed by atoms with van der Waals surface area (Å²) in [7, 11) is 0. The van der Waals surface area contributed by atoms with Crippen LogP contribution in [0, 0.1) is 0 Å². The summed E-state index contributed by atoms with van der Waals surface area (Å²) in [6.45, 7) is 6.77. The van der Waals surface area contributed by atoms with Crippen LogP contribution in [0.2, 0.25) is 0 Å². The van der Waals surface area contributed by atoms with Crippen LogP contribution in [0.5, 0.6) is 0 Å². The van der Waals surface area contributed by atoms with E-state index in [0.717, 1.165) is 19.3 Å². The largest absolute Gasteiger partial charge is 0.393 e. The molecule has 0 aliphatic rings. The standard InChI is InChI=1S/C9H20O2/c1-4-5-9(10)6-7-11-8(2)3/h8-10H,4-7H2,1-3H3. The fraction of sp³-hybridized carbons (Fsp3) is 1.00. The third kappa shape index (κ3) is 7.82. The first-order chi connectivity index (χ1) is 5.16. The summed E-state index contributed by atoms with van der Waals surface area (Å²) >= 11 is 0. The number of hydrogen-bond donors (Lipinski definition) is 1. The summed E-state index contributed by atoms with van der Waals surface area (Å²) in [6.07, 6.45) is 2.82. The van der Waals surface area contributed by atoms with E-state index >= 15 is 0 Å². The average Bonchev–Trinajstić information content (AvgIpc) is 1.87. The lowest BCUT2D eigenvalue weighted by Crippen LogP contribution is -2.12. The zero-order valence-corrected chi connectivity index (χ0v) is 7.84. The van der Waals surface area contributed by atoms with Crippen molar-refractivity contribution in [1.82, 2.24) is 0 Å². The Morgan fingerprint density at radius 3 is 2.36 bits per heavy atom. The summed E-state index contributed by atoms with van der Waals surface area (Å²) < 4.78 is 5.30. The maximum absolute atomic E-state index is 9.28. The van der Waals surface area contributed by atoms with Gasteiger partial charge in [0.1, 0.15) is 0 Å². The van der Waals surface area contributed by atoms with Crippen molar-refractivity contribution in [2.45, 2.75) is 52.2 Å². The highest BCUT2D eigenvalue weighted by atomic mass is 16.5. The fourth-order valence-electron chi connectivity index (χ4n) is 0.917. The van der Waals surface area contributed by atoms with Gasteiger partial charge in [-0.1, -0.05) is 13.3 Å². The molecule has 1 N–H and O–H groups in total. The fourth-order valence-corrected chi connectivity index (χ4v) is 0.917. The molecular weight excluding hydrogens is 140 g/mol. The second kappa shape index (κ2) is 6.62. The molecule has 11 heavy (non-hydrogen) atoms. The molecule has 1 atom stereocenters. The van der Waals surface area contributed by atoms with Crippen molar-refractivity contribution in [3.8, 4) is 0 Å². The molecule has 1 unspecified atom stereocenters. The molecule has 0 aromatic heterocycles. The predicted octanol–water partition coefficient (Wildman–Crippen LogP) is 1.96. The van der Waals surface area contributed by atoms with Crippen LogP contribution in [-0.4, -0.2) is 23.9 Å². The van der Waals surface area contributed by atoms with Crippen LogP contribution in [0.15, 0.2) is 0 Å². The van der Waals surface area contributed by atoms with Gasteiger partial charge in [0, 0.05) is 6.61 Å². The molecule has 0 amide bonds. The van der Waals surface area contributed by atoms with Crippen molar-refractivity contribution in [3.05, 3.63) is 0 Å². The van der Waals surface area contributed by atoms with Gasteiger partial charge < -0.3 is 9.84 Å². The minimum Gasteiger partial charge on any atom is -0.393 e.